The van der Waals surface area contributed by atoms with Gasteiger partial charge in [-0.15, -0.1) is 0 Å². The third-order valence-corrected chi connectivity index (χ3v) is 2.61. The Labute approximate surface area is 82.8 Å². The van der Waals surface area contributed by atoms with Crippen LogP contribution < -0.4 is 0 Å². The summed E-state index contributed by atoms with van der Waals surface area (Å²) >= 11 is 0. The third-order valence-electron chi connectivity index (χ3n) is 2.61. The summed E-state index contributed by atoms with van der Waals surface area (Å²) in [4.78, 5) is 15.1. The van der Waals surface area contributed by atoms with Gasteiger partial charge in [0.1, 0.15) is 0 Å². The highest BCUT2D eigenvalue weighted by Gasteiger charge is 2.37. The molecule has 1 aromatic heterocycles. The lowest BCUT2D eigenvalue weighted by Gasteiger charge is -2.11. The second kappa shape index (κ2) is 3.40. The van der Waals surface area contributed by atoms with E-state index in [1.165, 1.54) is 0 Å². The molecule has 0 aliphatic heterocycles. The van der Waals surface area contributed by atoms with Crippen molar-refractivity contribution in [2.24, 2.45) is 5.92 Å². The second-order valence-corrected chi connectivity index (χ2v) is 3.95. The molecule has 0 saturated heterocycles. The van der Waals surface area contributed by atoms with Crippen molar-refractivity contribution >= 4 is 5.97 Å². The summed E-state index contributed by atoms with van der Waals surface area (Å²) in [6.45, 7) is 1.93. The molecule has 1 saturated carbocycles. The number of aliphatic carboxylic acids is 1. The summed E-state index contributed by atoms with van der Waals surface area (Å²) in [6.07, 6.45) is 5.48. The van der Waals surface area contributed by atoms with Gasteiger partial charge in [-0.1, -0.05) is 6.07 Å². The summed E-state index contributed by atoms with van der Waals surface area (Å²) in [5.41, 5.74) is 1.87. The molecule has 3 heteroatoms. The molecule has 14 heavy (non-hydrogen) atoms. The van der Waals surface area contributed by atoms with E-state index < -0.39 is 5.97 Å². The molecule has 1 fully saturated rings. The molecule has 0 bridgehead atoms. The lowest BCUT2D eigenvalue weighted by molar-refractivity contribution is -0.139. The van der Waals surface area contributed by atoms with Gasteiger partial charge in [-0.25, -0.2) is 0 Å². The van der Waals surface area contributed by atoms with Crippen LogP contribution in [-0.4, -0.2) is 16.1 Å². The summed E-state index contributed by atoms with van der Waals surface area (Å²) in [7, 11) is 0. The van der Waals surface area contributed by atoms with Crippen LogP contribution >= 0.6 is 0 Å². The van der Waals surface area contributed by atoms with Gasteiger partial charge in [0.2, 0.25) is 0 Å². The number of nitrogens with zero attached hydrogens (tertiary/aromatic N) is 1. The minimum atomic E-state index is -0.722. The first-order chi connectivity index (χ1) is 6.68. The first-order valence-corrected chi connectivity index (χ1v) is 4.83. The van der Waals surface area contributed by atoms with Crippen molar-refractivity contribution in [3.63, 3.8) is 0 Å². The fourth-order valence-electron chi connectivity index (χ4n) is 1.79. The smallest absolute Gasteiger partial charge is 0.311 e. The highest BCUT2D eigenvalue weighted by atomic mass is 16.4. The number of rotatable bonds is 3. The minimum absolute atomic E-state index is 0.330. The van der Waals surface area contributed by atoms with Gasteiger partial charge in [-0.2, -0.15) is 0 Å². The van der Waals surface area contributed by atoms with Crippen molar-refractivity contribution < 1.29 is 9.90 Å². The van der Waals surface area contributed by atoms with Gasteiger partial charge in [0, 0.05) is 12.4 Å². The van der Waals surface area contributed by atoms with E-state index in [0.29, 0.717) is 5.92 Å². The van der Waals surface area contributed by atoms with Crippen LogP contribution in [0.3, 0.4) is 0 Å². The molecule has 0 amide bonds. The maximum Gasteiger partial charge on any atom is 0.311 e. The number of pyridine rings is 1. The zero-order valence-electron chi connectivity index (χ0n) is 8.10. The van der Waals surface area contributed by atoms with Crippen LogP contribution in [0.1, 0.15) is 29.9 Å². The van der Waals surface area contributed by atoms with Gasteiger partial charge in [0.25, 0.3) is 0 Å². The van der Waals surface area contributed by atoms with Crippen molar-refractivity contribution in [3.05, 3.63) is 29.6 Å². The molecule has 0 spiro atoms. The largest absolute Gasteiger partial charge is 0.481 e. The number of carboxylic acids is 1. The van der Waals surface area contributed by atoms with Crippen LogP contribution in [-0.2, 0) is 4.79 Å². The predicted molar refractivity (Wildman–Crippen MR) is 52.1 cm³/mol. The number of aryl methyl sites for hydroxylation is 1. The van der Waals surface area contributed by atoms with E-state index in [1.54, 1.807) is 12.4 Å². The average Bonchev–Trinajstić information content (AvgIpc) is 2.88. The van der Waals surface area contributed by atoms with Crippen molar-refractivity contribution in [1.82, 2.24) is 4.98 Å². The molecule has 1 aliphatic rings. The van der Waals surface area contributed by atoms with Crippen molar-refractivity contribution in [2.75, 3.05) is 0 Å². The van der Waals surface area contributed by atoms with E-state index in [0.717, 1.165) is 24.0 Å². The molecule has 1 atom stereocenters. The molecule has 2 rings (SSSR count). The molecule has 1 heterocycles. The fraction of sp³-hybridized carbons (Fsp3) is 0.455. The highest BCUT2D eigenvalue weighted by Crippen LogP contribution is 2.42. The molecule has 3 nitrogen and oxygen atoms in total. The number of carboxylic acid groups (broad SMARTS) is 1. The maximum absolute atomic E-state index is 11.1. The Morgan fingerprint density at radius 1 is 1.57 bits per heavy atom. The summed E-state index contributed by atoms with van der Waals surface area (Å²) < 4.78 is 0. The van der Waals surface area contributed by atoms with Gasteiger partial charge >= 0.3 is 5.97 Å². The maximum atomic E-state index is 11.1. The third kappa shape index (κ3) is 1.76. The first-order valence-electron chi connectivity index (χ1n) is 4.83. The SMILES string of the molecule is Cc1cncc(C(C(=O)O)C2CC2)c1. The summed E-state index contributed by atoms with van der Waals surface area (Å²) in [5.74, 6) is -0.738. The Morgan fingerprint density at radius 2 is 2.29 bits per heavy atom. The standard InChI is InChI=1S/C11H13NO2/c1-7-4-9(6-12-5-7)10(11(13)14)8-2-3-8/h4-6,8,10H,2-3H2,1H3,(H,13,14). The lowest BCUT2D eigenvalue weighted by Crippen LogP contribution is -2.14. The Morgan fingerprint density at radius 3 is 2.79 bits per heavy atom. The molecule has 1 N–H and O–H groups in total. The number of hydrogen-bond donors (Lipinski definition) is 1. The van der Waals surface area contributed by atoms with E-state index in [2.05, 4.69) is 4.98 Å². The highest BCUT2D eigenvalue weighted by molar-refractivity contribution is 5.76. The molecule has 74 valence electrons. The van der Waals surface area contributed by atoms with E-state index in [9.17, 15) is 4.79 Å². The first kappa shape index (κ1) is 9.19. The molecule has 1 aliphatic carbocycles. The molecule has 1 aromatic rings. The van der Waals surface area contributed by atoms with E-state index in [1.807, 2.05) is 13.0 Å². The van der Waals surface area contributed by atoms with Crippen molar-refractivity contribution in [3.8, 4) is 0 Å². The number of carbonyl (C=O) groups is 1. The Balaban J connectivity index is 2.30. The van der Waals surface area contributed by atoms with Gasteiger partial charge in [-0.3, -0.25) is 9.78 Å². The van der Waals surface area contributed by atoms with Crippen LogP contribution in [0.25, 0.3) is 0 Å². The lowest BCUT2D eigenvalue weighted by atomic mass is 9.95. The normalized spacial score (nSPS) is 17.8. The van der Waals surface area contributed by atoms with Gasteiger partial charge in [0.15, 0.2) is 0 Å². The van der Waals surface area contributed by atoms with Gasteiger partial charge < -0.3 is 5.11 Å². The van der Waals surface area contributed by atoms with Crippen molar-refractivity contribution in [1.29, 1.82) is 0 Å². The number of hydrogen-bond acceptors (Lipinski definition) is 2. The average molecular weight is 191 g/mol. The fourth-order valence-corrected chi connectivity index (χ4v) is 1.79. The monoisotopic (exact) mass is 191 g/mol. The Kier molecular flexibility index (Phi) is 2.23. The molecule has 0 aromatic carbocycles. The summed E-state index contributed by atoms with van der Waals surface area (Å²) in [6, 6.07) is 1.92. The van der Waals surface area contributed by atoms with Crippen LogP contribution in [0.2, 0.25) is 0 Å². The van der Waals surface area contributed by atoms with Crippen LogP contribution in [0, 0.1) is 12.8 Å². The summed E-state index contributed by atoms with van der Waals surface area (Å²) in [5, 5.41) is 9.10. The second-order valence-electron chi connectivity index (χ2n) is 3.95. The van der Waals surface area contributed by atoms with Gasteiger partial charge in [0.05, 0.1) is 5.92 Å². The van der Waals surface area contributed by atoms with Crippen molar-refractivity contribution in [2.45, 2.75) is 25.7 Å². The van der Waals surface area contributed by atoms with Crippen LogP contribution in [0.15, 0.2) is 18.5 Å². The molecular formula is C11H13NO2. The molecular weight excluding hydrogens is 178 g/mol. The topological polar surface area (TPSA) is 50.2 Å². The predicted octanol–water partition coefficient (Wildman–Crippen LogP) is 1.97. The van der Waals surface area contributed by atoms with Crippen LogP contribution in [0.5, 0.6) is 0 Å². The van der Waals surface area contributed by atoms with E-state index in [4.69, 9.17) is 5.11 Å². The van der Waals surface area contributed by atoms with Gasteiger partial charge in [-0.05, 0) is 36.8 Å². The molecule has 0 radical (unpaired) electrons. The van der Waals surface area contributed by atoms with Crippen LogP contribution in [0.4, 0.5) is 0 Å². The Bertz CT molecular complexity index is 358. The zero-order valence-corrected chi connectivity index (χ0v) is 8.10. The minimum Gasteiger partial charge on any atom is -0.481 e. The van der Waals surface area contributed by atoms with E-state index >= 15 is 0 Å². The zero-order chi connectivity index (χ0) is 10.1. The Hall–Kier alpha value is -1.38. The quantitative estimate of drug-likeness (QED) is 0.794. The van der Waals surface area contributed by atoms with E-state index in [-0.39, 0.29) is 5.92 Å². The molecule has 1 unspecified atom stereocenters. The number of aromatic nitrogens is 1.